The summed E-state index contributed by atoms with van der Waals surface area (Å²) >= 11 is 0. The molecule has 22 heavy (non-hydrogen) atoms. The third-order valence-electron chi connectivity index (χ3n) is 3.33. The highest BCUT2D eigenvalue weighted by atomic mass is 32.3. The molecule has 0 spiro atoms. The van der Waals surface area contributed by atoms with Gasteiger partial charge >= 0.3 is 6.18 Å². The van der Waals surface area contributed by atoms with E-state index in [2.05, 4.69) is 0 Å². The fraction of sp³-hybridized carbons (Fsp3) is 1.00. The van der Waals surface area contributed by atoms with Gasteiger partial charge in [-0.2, -0.15) is 13.2 Å². The smallest absolute Gasteiger partial charge is 0.227 e. The highest BCUT2D eigenvalue weighted by Crippen LogP contribution is 2.43. The Hall–Kier alpha value is -0.143. The summed E-state index contributed by atoms with van der Waals surface area (Å²) in [6.45, 7) is 2.06. The molecule has 0 N–H and O–H groups in total. The molecule has 13 heteroatoms. The minimum absolute atomic E-state index is 0.428. The van der Waals surface area contributed by atoms with Crippen LogP contribution in [0.5, 0.6) is 0 Å². The van der Waals surface area contributed by atoms with Crippen LogP contribution in [0.25, 0.3) is 0 Å². The topological polar surface area (TPSA) is 102 Å². The summed E-state index contributed by atoms with van der Waals surface area (Å²) in [7, 11) is -18.2. The van der Waals surface area contributed by atoms with Gasteiger partial charge in [0, 0.05) is 25.2 Å². The molecule has 0 fully saturated rings. The van der Waals surface area contributed by atoms with E-state index >= 15 is 0 Å². The van der Waals surface area contributed by atoms with Crippen LogP contribution in [-0.4, -0.2) is 61.3 Å². The Morgan fingerprint density at radius 3 is 1.23 bits per heavy atom. The van der Waals surface area contributed by atoms with E-state index in [0.717, 1.165) is 13.1 Å². The van der Waals surface area contributed by atoms with E-state index in [1.54, 1.807) is 0 Å². The molecule has 0 radical (unpaired) electrons. The average molecular weight is 405 g/mol. The van der Waals surface area contributed by atoms with Crippen molar-refractivity contribution in [2.45, 2.75) is 34.8 Å². The zero-order valence-electron chi connectivity index (χ0n) is 12.7. The van der Waals surface area contributed by atoms with Crippen molar-refractivity contribution in [1.82, 2.24) is 0 Å². The predicted molar refractivity (Wildman–Crippen MR) is 80.2 cm³/mol. The summed E-state index contributed by atoms with van der Waals surface area (Å²) in [5.41, 5.74) is 0. The standard InChI is InChI=1S/C9H19F3O6S3Si/c1-19(13,14)9(20(2,15)16,21(3,17)18)22(4,5)7-6-8(10,11)12/h6-7H2,1-5H3. The number of hydrogen-bond acceptors (Lipinski definition) is 6. The zero-order chi connectivity index (χ0) is 18.4. The molecule has 0 amide bonds. The first-order valence-electron chi connectivity index (χ1n) is 5.86. The van der Waals surface area contributed by atoms with Crippen LogP contribution in [0.3, 0.4) is 0 Å². The fourth-order valence-corrected chi connectivity index (χ4v) is 23.7. The third kappa shape index (κ3) is 3.84. The molecule has 0 atom stereocenters. The Balaban J connectivity index is 6.72. The fourth-order valence-electron chi connectivity index (χ4n) is 2.94. The Bertz CT molecular complexity index is 655. The normalized spacial score (nSPS) is 15.8. The molecular formula is C9H19F3O6S3Si. The second-order valence-electron chi connectivity index (χ2n) is 5.87. The van der Waals surface area contributed by atoms with Gasteiger partial charge in [0.25, 0.3) is 3.03 Å². The van der Waals surface area contributed by atoms with Gasteiger partial charge in [0.2, 0.25) is 0 Å². The summed E-state index contributed by atoms with van der Waals surface area (Å²) in [6.07, 6.45) is -4.82. The van der Waals surface area contributed by atoms with Crippen molar-refractivity contribution in [3.63, 3.8) is 0 Å². The van der Waals surface area contributed by atoms with Crippen molar-refractivity contribution in [2.24, 2.45) is 0 Å². The molecule has 0 aromatic heterocycles. The van der Waals surface area contributed by atoms with Crippen LogP contribution in [0.15, 0.2) is 0 Å². The second-order valence-corrected chi connectivity index (χ2v) is 19.2. The zero-order valence-corrected chi connectivity index (χ0v) is 16.2. The van der Waals surface area contributed by atoms with Gasteiger partial charge in [0.05, 0.1) is 0 Å². The second kappa shape index (κ2) is 5.74. The summed E-state index contributed by atoms with van der Waals surface area (Å²) < 4.78 is 107. The number of hydrogen-bond donors (Lipinski definition) is 0. The molecule has 0 aliphatic carbocycles. The number of halogens is 3. The third-order valence-corrected chi connectivity index (χ3v) is 23.2. The van der Waals surface area contributed by atoms with Gasteiger partial charge in [-0.1, -0.05) is 13.1 Å². The van der Waals surface area contributed by atoms with Crippen LogP contribution in [-0.2, 0) is 29.5 Å². The van der Waals surface area contributed by atoms with Crippen LogP contribution in [0.1, 0.15) is 6.42 Å². The Kier molecular flexibility index (Phi) is 5.70. The molecule has 0 heterocycles. The lowest BCUT2D eigenvalue weighted by Gasteiger charge is -2.40. The van der Waals surface area contributed by atoms with Gasteiger partial charge in [-0.15, -0.1) is 0 Å². The summed E-state index contributed by atoms with van der Waals surface area (Å²) in [6, 6.07) is -0.844. The predicted octanol–water partition coefficient (Wildman–Crippen LogP) is 0.974. The van der Waals surface area contributed by atoms with Crippen molar-refractivity contribution in [3.8, 4) is 0 Å². The molecule has 6 nitrogen and oxygen atoms in total. The van der Waals surface area contributed by atoms with Gasteiger partial charge in [0.1, 0.15) is 8.07 Å². The van der Waals surface area contributed by atoms with Gasteiger partial charge in [0.15, 0.2) is 29.5 Å². The van der Waals surface area contributed by atoms with Gasteiger partial charge in [-0.05, 0) is 6.04 Å². The van der Waals surface area contributed by atoms with E-state index < -0.39 is 59.3 Å². The lowest BCUT2D eigenvalue weighted by molar-refractivity contribution is -0.130. The molecule has 0 aliphatic rings. The highest BCUT2D eigenvalue weighted by molar-refractivity contribution is 8.28. The van der Waals surface area contributed by atoms with Crippen LogP contribution in [0.2, 0.25) is 19.1 Å². The Morgan fingerprint density at radius 2 is 1.05 bits per heavy atom. The highest BCUT2D eigenvalue weighted by Gasteiger charge is 2.68. The van der Waals surface area contributed by atoms with E-state index in [1.807, 2.05) is 0 Å². The summed E-state index contributed by atoms with van der Waals surface area (Å²) in [5, 5.41) is 0. The Morgan fingerprint density at radius 1 is 0.773 bits per heavy atom. The van der Waals surface area contributed by atoms with Crippen LogP contribution < -0.4 is 0 Å². The maximum absolute atomic E-state index is 12.4. The first-order valence-corrected chi connectivity index (χ1v) is 14.7. The first-order chi connectivity index (χ1) is 9.21. The Labute approximate surface area is 129 Å². The lowest BCUT2D eigenvalue weighted by atomic mass is 10.5. The molecule has 0 rings (SSSR count). The quantitative estimate of drug-likeness (QED) is 0.611. The van der Waals surface area contributed by atoms with E-state index in [4.69, 9.17) is 0 Å². The molecule has 0 aliphatic heterocycles. The molecular weight excluding hydrogens is 385 g/mol. The van der Waals surface area contributed by atoms with Gasteiger partial charge in [-0.25, -0.2) is 25.3 Å². The van der Waals surface area contributed by atoms with E-state index in [0.29, 0.717) is 18.8 Å². The van der Waals surface area contributed by atoms with Gasteiger partial charge in [-0.3, -0.25) is 0 Å². The summed E-state index contributed by atoms with van der Waals surface area (Å²) in [5.74, 6) is 0. The average Bonchev–Trinajstić information content (AvgIpc) is 2.05. The molecule has 0 bridgehead atoms. The minimum Gasteiger partial charge on any atom is -0.227 e. The summed E-state index contributed by atoms with van der Waals surface area (Å²) in [4.78, 5) is 0. The van der Waals surface area contributed by atoms with Crippen molar-refractivity contribution in [3.05, 3.63) is 0 Å². The van der Waals surface area contributed by atoms with E-state index in [9.17, 15) is 38.4 Å². The molecule has 0 aromatic carbocycles. The van der Waals surface area contributed by atoms with Crippen LogP contribution in [0, 0.1) is 0 Å². The van der Waals surface area contributed by atoms with Crippen molar-refractivity contribution in [1.29, 1.82) is 0 Å². The maximum Gasteiger partial charge on any atom is 0.388 e. The maximum atomic E-state index is 12.4. The molecule has 0 aromatic rings. The largest absolute Gasteiger partial charge is 0.388 e. The van der Waals surface area contributed by atoms with Crippen molar-refractivity contribution >= 4 is 37.6 Å². The number of alkyl halides is 3. The monoisotopic (exact) mass is 404 g/mol. The lowest BCUT2D eigenvalue weighted by Crippen LogP contribution is -2.67. The van der Waals surface area contributed by atoms with Crippen molar-refractivity contribution < 1.29 is 38.4 Å². The SMILES string of the molecule is C[Si](C)(CCC(F)(F)F)C(S(C)(=O)=O)(S(C)(=O)=O)S(C)(=O)=O. The number of sulfone groups is 3. The van der Waals surface area contributed by atoms with Crippen LogP contribution >= 0.6 is 0 Å². The number of rotatable bonds is 6. The molecule has 0 saturated heterocycles. The van der Waals surface area contributed by atoms with Gasteiger partial charge < -0.3 is 0 Å². The molecule has 0 unspecified atom stereocenters. The van der Waals surface area contributed by atoms with Crippen molar-refractivity contribution in [2.75, 3.05) is 18.8 Å². The minimum atomic E-state index is -4.75. The first kappa shape index (κ1) is 21.9. The van der Waals surface area contributed by atoms with E-state index in [-0.39, 0.29) is 0 Å². The molecule has 134 valence electrons. The van der Waals surface area contributed by atoms with E-state index in [1.165, 1.54) is 0 Å². The van der Waals surface area contributed by atoms with Crippen LogP contribution in [0.4, 0.5) is 13.2 Å². The molecule has 0 saturated carbocycles.